The van der Waals surface area contributed by atoms with Crippen LogP contribution < -0.4 is 14.8 Å². The molecule has 0 saturated carbocycles. The van der Waals surface area contributed by atoms with E-state index in [9.17, 15) is 13.2 Å². The maximum atomic E-state index is 13.6. The molecule has 1 amide bonds. The summed E-state index contributed by atoms with van der Waals surface area (Å²) in [6.45, 7) is 4.46. The summed E-state index contributed by atoms with van der Waals surface area (Å²) >= 11 is 0. The van der Waals surface area contributed by atoms with Crippen molar-refractivity contribution in [2.45, 2.75) is 17.7 Å². The van der Waals surface area contributed by atoms with E-state index in [2.05, 4.69) is 5.32 Å². The second-order valence-corrected chi connectivity index (χ2v) is 9.69. The van der Waals surface area contributed by atoms with Gasteiger partial charge < -0.3 is 19.7 Å². The predicted octanol–water partition coefficient (Wildman–Crippen LogP) is 1.93. The van der Waals surface area contributed by atoms with E-state index >= 15 is 0 Å². The lowest BCUT2D eigenvalue weighted by Gasteiger charge is -2.31. The van der Waals surface area contributed by atoms with Gasteiger partial charge in [-0.05, 0) is 23.6 Å². The van der Waals surface area contributed by atoms with Gasteiger partial charge in [0.1, 0.15) is 0 Å². The SMILES string of the molecule is COc1ccc(S(=O)(=O)N(CC(=O)N2CCNCC2)C[C@H](C)c2ccccc2)cc1OC. The quantitative estimate of drug-likeness (QED) is 0.614. The van der Waals surface area contributed by atoms with Crippen molar-refractivity contribution < 1.29 is 22.7 Å². The maximum Gasteiger partial charge on any atom is 0.243 e. The molecule has 1 N–H and O–H groups in total. The van der Waals surface area contributed by atoms with Gasteiger partial charge in [-0.15, -0.1) is 0 Å². The van der Waals surface area contributed by atoms with Gasteiger partial charge in [-0.25, -0.2) is 8.42 Å². The van der Waals surface area contributed by atoms with Gasteiger partial charge in [0.2, 0.25) is 15.9 Å². The lowest BCUT2D eigenvalue weighted by Crippen LogP contribution is -2.50. The van der Waals surface area contributed by atoms with Crippen molar-refractivity contribution in [3.8, 4) is 11.5 Å². The first kappa shape index (κ1) is 24.0. The van der Waals surface area contributed by atoms with Gasteiger partial charge >= 0.3 is 0 Å². The molecule has 0 aliphatic carbocycles. The van der Waals surface area contributed by atoms with Crippen molar-refractivity contribution in [1.29, 1.82) is 0 Å². The number of rotatable bonds is 9. The van der Waals surface area contributed by atoms with Gasteiger partial charge in [0.15, 0.2) is 11.5 Å². The summed E-state index contributed by atoms with van der Waals surface area (Å²) in [5.74, 6) is 0.461. The Labute approximate surface area is 190 Å². The molecule has 1 heterocycles. The molecule has 1 saturated heterocycles. The number of nitrogens with one attached hydrogen (secondary N) is 1. The van der Waals surface area contributed by atoms with Gasteiger partial charge in [-0.3, -0.25) is 4.79 Å². The number of amides is 1. The monoisotopic (exact) mass is 461 g/mol. The minimum Gasteiger partial charge on any atom is -0.493 e. The molecular formula is C23H31N3O5S. The average Bonchev–Trinajstić information content (AvgIpc) is 2.84. The number of nitrogens with zero attached hydrogens (tertiary/aromatic N) is 2. The Hall–Kier alpha value is -2.62. The van der Waals surface area contributed by atoms with Crippen LogP contribution >= 0.6 is 0 Å². The van der Waals surface area contributed by atoms with E-state index < -0.39 is 10.0 Å². The minimum atomic E-state index is -3.96. The third-order valence-electron chi connectivity index (χ3n) is 5.62. The number of carbonyl (C=O) groups excluding carboxylic acids is 1. The first-order chi connectivity index (χ1) is 15.4. The number of benzene rings is 2. The van der Waals surface area contributed by atoms with Crippen LogP contribution in [-0.2, 0) is 14.8 Å². The number of methoxy groups -OCH3 is 2. The zero-order valence-corrected chi connectivity index (χ0v) is 19.6. The summed E-state index contributed by atoms with van der Waals surface area (Å²) in [7, 11) is -1.01. The number of sulfonamides is 1. The van der Waals surface area contributed by atoms with Crippen LogP contribution in [0.2, 0.25) is 0 Å². The zero-order valence-electron chi connectivity index (χ0n) is 18.8. The van der Waals surface area contributed by atoms with Crippen LogP contribution in [0.5, 0.6) is 11.5 Å². The third kappa shape index (κ3) is 5.59. The Morgan fingerprint density at radius 1 is 1.06 bits per heavy atom. The summed E-state index contributed by atoms with van der Waals surface area (Å²) in [5.41, 5.74) is 1.01. The van der Waals surface area contributed by atoms with Crippen LogP contribution in [0.15, 0.2) is 53.4 Å². The summed E-state index contributed by atoms with van der Waals surface area (Å²) < 4.78 is 39.1. The fourth-order valence-corrected chi connectivity index (χ4v) is 5.23. The molecule has 174 valence electrons. The molecule has 2 aromatic carbocycles. The minimum absolute atomic E-state index is 0.0588. The Kier molecular flexibility index (Phi) is 8.11. The Morgan fingerprint density at radius 2 is 1.72 bits per heavy atom. The molecule has 1 aliphatic heterocycles. The Balaban J connectivity index is 1.91. The van der Waals surface area contributed by atoms with Crippen molar-refractivity contribution in [2.24, 2.45) is 0 Å². The number of carbonyl (C=O) groups is 1. The van der Waals surface area contributed by atoms with Crippen molar-refractivity contribution in [1.82, 2.24) is 14.5 Å². The van der Waals surface area contributed by atoms with Gasteiger partial charge in [0.25, 0.3) is 0 Å². The molecule has 9 heteroatoms. The molecule has 1 fully saturated rings. The lowest BCUT2D eigenvalue weighted by molar-refractivity contribution is -0.132. The molecular weight excluding hydrogens is 430 g/mol. The second kappa shape index (κ2) is 10.8. The summed E-state index contributed by atoms with van der Waals surface area (Å²) in [6.07, 6.45) is 0. The molecule has 0 spiro atoms. The average molecular weight is 462 g/mol. The highest BCUT2D eigenvalue weighted by Gasteiger charge is 2.31. The number of ether oxygens (including phenoxy) is 2. The highest BCUT2D eigenvalue weighted by atomic mass is 32.2. The van der Waals surface area contributed by atoms with Crippen molar-refractivity contribution in [3.05, 3.63) is 54.1 Å². The smallest absolute Gasteiger partial charge is 0.243 e. The van der Waals surface area contributed by atoms with Crippen LogP contribution in [0.4, 0.5) is 0 Å². The third-order valence-corrected chi connectivity index (χ3v) is 7.43. The van der Waals surface area contributed by atoms with E-state index in [0.29, 0.717) is 37.7 Å². The molecule has 0 aromatic heterocycles. The van der Waals surface area contributed by atoms with E-state index in [1.165, 1.54) is 30.7 Å². The van der Waals surface area contributed by atoms with Gasteiger partial charge in [0, 0.05) is 38.8 Å². The van der Waals surface area contributed by atoms with Crippen LogP contribution in [0.1, 0.15) is 18.4 Å². The lowest BCUT2D eigenvalue weighted by atomic mass is 10.0. The summed E-state index contributed by atoms with van der Waals surface area (Å²) in [6, 6.07) is 14.2. The van der Waals surface area contributed by atoms with E-state index in [4.69, 9.17) is 9.47 Å². The summed E-state index contributed by atoms with van der Waals surface area (Å²) in [4.78, 5) is 14.7. The first-order valence-corrected chi connectivity index (χ1v) is 12.1. The molecule has 0 unspecified atom stereocenters. The zero-order chi connectivity index (χ0) is 23.1. The molecule has 3 rings (SSSR count). The van der Waals surface area contributed by atoms with Crippen LogP contribution in [0, 0.1) is 0 Å². The summed E-state index contributed by atoms with van der Waals surface area (Å²) in [5, 5.41) is 3.20. The molecule has 0 radical (unpaired) electrons. The van der Waals surface area contributed by atoms with E-state index in [0.717, 1.165) is 5.56 Å². The first-order valence-electron chi connectivity index (χ1n) is 10.6. The molecule has 1 atom stereocenters. The molecule has 8 nitrogen and oxygen atoms in total. The number of piperazine rings is 1. The molecule has 0 bridgehead atoms. The van der Waals surface area contributed by atoms with Crippen LogP contribution in [-0.4, -0.2) is 77.0 Å². The predicted molar refractivity (Wildman–Crippen MR) is 123 cm³/mol. The van der Waals surface area contributed by atoms with Gasteiger partial charge in [0.05, 0.1) is 25.7 Å². The van der Waals surface area contributed by atoms with Crippen LogP contribution in [0.3, 0.4) is 0 Å². The fraction of sp³-hybridized carbons (Fsp3) is 0.435. The number of hydrogen-bond acceptors (Lipinski definition) is 6. The molecule has 2 aromatic rings. The highest BCUT2D eigenvalue weighted by Crippen LogP contribution is 2.31. The van der Waals surface area contributed by atoms with Gasteiger partial charge in [-0.1, -0.05) is 37.3 Å². The highest BCUT2D eigenvalue weighted by molar-refractivity contribution is 7.89. The topological polar surface area (TPSA) is 88.2 Å². The van der Waals surface area contributed by atoms with Crippen molar-refractivity contribution in [3.63, 3.8) is 0 Å². The standard InChI is InChI=1S/C23H31N3O5S/c1-18(19-7-5-4-6-8-19)16-26(17-23(27)25-13-11-24-12-14-25)32(28,29)20-9-10-21(30-2)22(15-20)31-3/h4-10,15,18,24H,11-14,16-17H2,1-3H3/t18-/m0/s1. The normalized spacial score (nSPS) is 15.4. The van der Waals surface area contributed by atoms with Gasteiger partial charge in [-0.2, -0.15) is 4.31 Å². The van der Waals surface area contributed by atoms with Crippen LogP contribution in [0.25, 0.3) is 0 Å². The number of hydrogen-bond donors (Lipinski definition) is 1. The molecule has 1 aliphatic rings. The largest absolute Gasteiger partial charge is 0.493 e. The molecule has 32 heavy (non-hydrogen) atoms. The van der Waals surface area contributed by atoms with E-state index in [1.54, 1.807) is 11.0 Å². The Morgan fingerprint density at radius 3 is 2.34 bits per heavy atom. The maximum absolute atomic E-state index is 13.6. The second-order valence-electron chi connectivity index (χ2n) is 7.76. The van der Waals surface area contributed by atoms with E-state index in [-0.39, 0.29) is 29.8 Å². The van der Waals surface area contributed by atoms with Crippen molar-refractivity contribution >= 4 is 15.9 Å². The Bertz CT molecular complexity index is 1010. The van der Waals surface area contributed by atoms with E-state index in [1.807, 2.05) is 37.3 Å². The van der Waals surface area contributed by atoms with Crippen molar-refractivity contribution in [2.75, 3.05) is 53.5 Å². The fourth-order valence-electron chi connectivity index (χ4n) is 3.73.